The van der Waals surface area contributed by atoms with Crippen molar-refractivity contribution in [3.63, 3.8) is 0 Å². The highest BCUT2D eigenvalue weighted by Crippen LogP contribution is 2.32. The minimum Gasteiger partial charge on any atom is -0.491 e. The highest BCUT2D eigenvalue weighted by atomic mass is 16.5. The third-order valence-electron chi connectivity index (χ3n) is 6.61. The Balaban J connectivity index is 1.43. The fourth-order valence-electron chi connectivity index (χ4n) is 4.59. The van der Waals surface area contributed by atoms with Crippen LogP contribution in [0, 0.1) is 0 Å². The third-order valence-corrected chi connectivity index (χ3v) is 6.61. The molecule has 0 amide bonds. The predicted octanol–water partition coefficient (Wildman–Crippen LogP) is 5.04. The van der Waals surface area contributed by atoms with Gasteiger partial charge in [-0.2, -0.15) is 0 Å². The lowest BCUT2D eigenvalue weighted by Gasteiger charge is -2.34. The van der Waals surface area contributed by atoms with E-state index in [1.165, 1.54) is 22.3 Å². The van der Waals surface area contributed by atoms with Crippen molar-refractivity contribution in [1.82, 2.24) is 9.80 Å². The first-order valence-corrected chi connectivity index (χ1v) is 12.3. The molecule has 1 aliphatic heterocycles. The quantitative estimate of drug-likeness (QED) is 0.458. The fraction of sp³-hybridized carbons (Fsp3) is 0.333. The van der Waals surface area contributed by atoms with Crippen molar-refractivity contribution in [2.75, 3.05) is 45.9 Å². The summed E-state index contributed by atoms with van der Waals surface area (Å²) in [6, 6.07) is 29.2. The van der Waals surface area contributed by atoms with Gasteiger partial charge in [-0.05, 0) is 53.4 Å². The summed E-state index contributed by atoms with van der Waals surface area (Å²) in [5.41, 5.74) is 6.00. The van der Waals surface area contributed by atoms with Crippen LogP contribution in [0.2, 0.25) is 0 Å². The first-order valence-electron chi connectivity index (χ1n) is 12.3. The molecule has 4 heteroatoms. The number of nitrogens with zero attached hydrogens (tertiary/aromatic N) is 2. The van der Waals surface area contributed by atoms with Gasteiger partial charge in [0.15, 0.2) is 0 Å². The van der Waals surface area contributed by atoms with Gasteiger partial charge in [0.05, 0.1) is 0 Å². The topological polar surface area (TPSA) is 35.9 Å². The maximum absolute atomic E-state index is 10.5. The first kappa shape index (κ1) is 24.2. The van der Waals surface area contributed by atoms with E-state index in [2.05, 4.69) is 84.3 Å². The molecule has 4 nitrogen and oxygen atoms in total. The molecule has 1 atom stereocenters. The first-order chi connectivity index (χ1) is 16.6. The minimum absolute atomic E-state index is 0.303. The van der Waals surface area contributed by atoms with Crippen LogP contribution < -0.4 is 4.74 Å². The van der Waals surface area contributed by atoms with Crippen molar-refractivity contribution in [2.24, 2.45) is 0 Å². The molecular weight excluding hydrogens is 420 g/mol. The van der Waals surface area contributed by atoms with Gasteiger partial charge in [0.25, 0.3) is 0 Å². The summed E-state index contributed by atoms with van der Waals surface area (Å²) in [5.74, 6) is 0.781. The van der Waals surface area contributed by atoms with Crippen LogP contribution in [0.25, 0.3) is 11.1 Å². The molecule has 178 valence electrons. The Labute approximate surface area is 204 Å². The zero-order valence-corrected chi connectivity index (χ0v) is 20.4. The number of aliphatic hydroxyl groups excluding tert-OH is 1. The van der Waals surface area contributed by atoms with Gasteiger partial charge in [0, 0.05) is 32.7 Å². The van der Waals surface area contributed by atoms with E-state index in [0.717, 1.165) is 44.0 Å². The number of piperazine rings is 1. The average molecular weight is 457 g/mol. The molecule has 0 aromatic heterocycles. The second-order valence-electron chi connectivity index (χ2n) is 8.96. The Bertz CT molecular complexity index is 1040. The molecule has 1 saturated heterocycles. The Morgan fingerprint density at radius 2 is 1.29 bits per heavy atom. The summed E-state index contributed by atoms with van der Waals surface area (Å²) in [7, 11) is 0. The molecule has 3 aromatic rings. The largest absolute Gasteiger partial charge is 0.491 e. The van der Waals surface area contributed by atoms with Crippen LogP contribution in [-0.4, -0.2) is 66.9 Å². The van der Waals surface area contributed by atoms with E-state index >= 15 is 0 Å². The summed E-state index contributed by atoms with van der Waals surface area (Å²) in [6.07, 6.45) is -0.493. The number of hydrogen-bond acceptors (Lipinski definition) is 4. The van der Waals surface area contributed by atoms with Gasteiger partial charge in [-0.15, -0.1) is 0 Å². The van der Waals surface area contributed by atoms with Crippen LogP contribution >= 0.6 is 0 Å². The van der Waals surface area contributed by atoms with E-state index in [0.29, 0.717) is 13.2 Å². The van der Waals surface area contributed by atoms with E-state index in [1.54, 1.807) is 0 Å². The molecule has 1 fully saturated rings. The smallest absolute Gasteiger partial charge is 0.119 e. The molecule has 0 radical (unpaired) electrons. The van der Waals surface area contributed by atoms with E-state index in [4.69, 9.17) is 4.74 Å². The van der Waals surface area contributed by atoms with Crippen LogP contribution in [0.5, 0.6) is 5.75 Å². The lowest BCUT2D eigenvalue weighted by atomic mass is 9.90. The van der Waals surface area contributed by atoms with Gasteiger partial charge >= 0.3 is 0 Å². The summed E-state index contributed by atoms with van der Waals surface area (Å²) < 4.78 is 5.93. The number of likely N-dealkylation sites (N-methyl/N-ethyl adjacent to an activating group) is 1. The lowest BCUT2D eigenvalue weighted by Crippen LogP contribution is -2.49. The van der Waals surface area contributed by atoms with Crippen LogP contribution in [-0.2, 0) is 0 Å². The SMILES string of the molecule is CCN1CCN(CC(O)COc2ccc(/C(=C(\C)c3ccccc3)c3ccccc3)cc2)CC1. The summed E-state index contributed by atoms with van der Waals surface area (Å²) >= 11 is 0. The Kier molecular flexibility index (Phi) is 8.53. The van der Waals surface area contributed by atoms with Crippen molar-refractivity contribution in [1.29, 1.82) is 0 Å². The molecule has 1 N–H and O–H groups in total. The van der Waals surface area contributed by atoms with Crippen molar-refractivity contribution in [3.8, 4) is 5.75 Å². The van der Waals surface area contributed by atoms with Gasteiger partial charge in [-0.3, -0.25) is 4.90 Å². The number of β-amino-alcohol motifs (C(OH)–C–C–N with tert-alkyl or cyclic N) is 1. The standard InChI is InChI=1S/C30H36N2O2/c1-3-31-18-20-32(21-19-31)22-28(33)23-34-29-16-14-27(15-17-29)30(26-12-8-5-9-13-26)24(2)25-10-6-4-7-11-25/h4-17,28,33H,3,18-23H2,1-2H3/b30-24+. The molecule has 0 bridgehead atoms. The summed E-state index contributed by atoms with van der Waals surface area (Å²) in [4.78, 5) is 4.77. The second kappa shape index (κ2) is 12.0. The third kappa shape index (κ3) is 6.35. The average Bonchev–Trinajstić information content (AvgIpc) is 2.90. The maximum Gasteiger partial charge on any atom is 0.119 e. The van der Waals surface area contributed by atoms with Gasteiger partial charge in [0.2, 0.25) is 0 Å². The van der Waals surface area contributed by atoms with E-state index < -0.39 is 6.10 Å². The summed E-state index contributed by atoms with van der Waals surface area (Å²) in [5, 5.41) is 10.5. The Hall–Kier alpha value is -2.92. The van der Waals surface area contributed by atoms with Crippen LogP contribution in [0.4, 0.5) is 0 Å². The molecule has 0 saturated carbocycles. The summed E-state index contributed by atoms with van der Waals surface area (Å²) in [6.45, 7) is 10.6. The molecule has 1 aliphatic rings. The number of benzene rings is 3. The molecule has 4 rings (SSSR count). The highest BCUT2D eigenvalue weighted by molar-refractivity contribution is 5.97. The highest BCUT2D eigenvalue weighted by Gasteiger charge is 2.18. The number of rotatable bonds is 9. The molecule has 3 aromatic carbocycles. The minimum atomic E-state index is -0.493. The molecule has 0 aliphatic carbocycles. The monoisotopic (exact) mass is 456 g/mol. The Morgan fingerprint density at radius 3 is 1.88 bits per heavy atom. The normalized spacial score (nSPS) is 16.7. The van der Waals surface area contributed by atoms with Crippen LogP contribution in [0.1, 0.15) is 30.5 Å². The fourth-order valence-corrected chi connectivity index (χ4v) is 4.59. The Morgan fingerprint density at radius 1 is 0.765 bits per heavy atom. The second-order valence-corrected chi connectivity index (χ2v) is 8.96. The molecule has 0 spiro atoms. The number of hydrogen-bond donors (Lipinski definition) is 1. The van der Waals surface area contributed by atoms with Crippen LogP contribution in [0.3, 0.4) is 0 Å². The van der Waals surface area contributed by atoms with Crippen molar-refractivity contribution in [2.45, 2.75) is 20.0 Å². The molecule has 1 heterocycles. The number of ether oxygens (including phenoxy) is 1. The zero-order chi connectivity index (χ0) is 23.8. The zero-order valence-electron chi connectivity index (χ0n) is 20.4. The molecule has 34 heavy (non-hydrogen) atoms. The maximum atomic E-state index is 10.5. The lowest BCUT2D eigenvalue weighted by molar-refractivity contribution is 0.0471. The number of aliphatic hydroxyl groups is 1. The van der Waals surface area contributed by atoms with E-state index in [-0.39, 0.29) is 0 Å². The van der Waals surface area contributed by atoms with Crippen molar-refractivity contribution >= 4 is 11.1 Å². The van der Waals surface area contributed by atoms with Gasteiger partial charge in [0.1, 0.15) is 18.5 Å². The van der Waals surface area contributed by atoms with E-state index in [9.17, 15) is 5.11 Å². The van der Waals surface area contributed by atoms with E-state index in [1.807, 2.05) is 24.3 Å². The number of allylic oxidation sites excluding steroid dienone is 1. The van der Waals surface area contributed by atoms with Crippen molar-refractivity contribution < 1.29 is 9.84 Å². The molecule has 1 unspecified atom stereocenters. The molecular formula is C30H36N2O2. The van der Waals surface area contributed by atoms with Gasteiger partial charge in [-0.1, -0.05) is 79.7 Å². The predicted molar refractivity (Wildman–Crippen MR) is 141 cm³/mol. The van der Waals surface area contributed by atoms with Crippen LogP contribution in [0.15, 0.2) is 84.9 Å². The van der Waals surface area contributed by atoms with Crippen molar-refractivity contribution in [3.05, 3.63) is 102 Å². The van der Waals surface area contributed by atoms with Gasteiger partial charge in [-0.25, -0.2) is 0 Å². The van der Waals surface area contributed by atoms with Gasteiger partial charge < -0.3 is 14.7 Å².